The zero-order valence-corrected chi connectivity index (χ0v) is 11.5. The molecular weight excluding hydrogens is 274 g/mol. The van der Waals surface area contributed by atoms with E-state index in [1.165, 1.54) is 6.07 Å². The monoisotopic (exact) mass is 287 g/mol. The molecule has 3 N–H and O–H groups in total. The lowest BCUT2D eigenvalue weighted by Crippen LogP contribution is -2.01. The molecule has 3 rings (SSSR count). The fourth-order valence-electron chi connectivity index (χ4n) is 2.20. The highest BCUT2D eigenvalue weighted by molar-refractivity contribution is 5.85. The topological polar surface area (TPSA) is 63.5 Å². The molecule has 0 spiro atoms. The quantitative estimate of drug-likeness (QED) is 0.834. The Bertz CT molecular complexity index is 664. The minimum Gasteiger partial charge on any atom is -0.509 e. The first kappa shape index (κ1) is 14.3. The average molecular weight is 288 g/mol. The van der Waals surface area contributed by atoms with Crippen LogP contribution >= 0.6 is 12.4 Å². The van der Waals surface area contributed by atoms with Gasteiger partial charge in [0.05, 0.1) is 12.3 Å². The molecule has 0 saturated heterocycles. The van der Waals surface area contributed by atoms with Crippen LogP contribution in [-0.4, -0.2) is 16.1 Å². The Balaban J connectivity index is 0.00000147. The van der Waals surface area contributed by atoms with Gasteiger partial charge in [0, 0.05) is 18.2 Å². The summed E-state index contributed by atoms with van der Waals surface area (Å²) in [6.45, 7) is 7.00. The summed E-state index contributed by atoms with van der Waals surface area (Å²) in [5.41, 5.74) is 8.87. The van der Waals surface area contributed by atoms with Gasteiger partial charge in [0.1, 0.15) is 5.75 Å². The van der Waals surface area contributed by atoms with Gasteiger partial charge in [-0.05, 0) is 41.8 Å². The SMILES string of the molecule is Cl.[C-]#[N+]c1cc(O)cc(-c2ccc([C@H]3C[C@@H]3N)cn2)c1. The molecule has 2 aromatic rings. The largest absolute Gasteiger partial charge is 0.509 e. The molecule has 102 valence electrons. The normalized spacial score (nSPS) is 19.8. The standard InChI is InChI=1S/C15H13N3O.ClH/c1-17-11-4-10(5-12(19)6-11)15-3-2-9(8-18-15)13-7-14(13)16;/h2-6,8,13-14,19H,7,16H2;1H/t13-,14+;/m1./s1. The smallest absolute Gasteiger partial charge is 0.191 e. The molecule has 0 radical (unpaired) electrons. The lowest BCUT2D eigenvalue weighted by Gasteiger charge is -2.04. The highest BCUT2D eigenvalue weighted by atomic mass is 35.5. The minimum absolute atomic E-state index is 0. The molecule has 0 bridgehead atoms. The first-order valence-corrected chi connectivity index (χ1v) is 6.11. The highest BCUT2D eigenvalue weighted by Gasteiger charge is 2.34. The van der Waals surface area contributed by atoms with Gasteiger partial charge in [-0.3, -0.25) is 4.98 Å². The van der Waals surface area contributed by atoms with Crippen molar-refractivity contribution in [3.63, 3.8) is 0 Å². The Morgan fingerprint density at radius 3 is 2.60 bits per heavy atom. The first-order chi connectivity index (χ1) is 9.17. The van der Waals surface area contributed by atoms with E-state index in [1.54, 1.807) is 12.1 Å². The van der Waals surface area contributed by atoms with Gasteiger partial charge in [-0.25, -0.2) is 4.85 Å². The summed E-state index contributed by atoms with van der Waals surface area (Å²) < 4.78 is 0. The number of phenols is 1. The van der Waals surface area contributed by atoms with Crippen molar-refractivity contribution in [3.8, 4) is 17.0 Å². The highest BCUT2D eigenvalue weighted by Crippen LogP contribution is 2.39. The van der Waals surface area contributed by atoms with Gasteiger partial charge in [-0.2, -0.15) is 0 Å². The van der Waals surface area contributed by atoms with Gasteiger partial charge in [-0.15, -0.1) is 12.4 Å². The van der Waals surface area contributed by atoms with Crippen LogP contribution in [0.2, 0.25) is 0 Å². The Kier molecular flexibility index (Phi) is 3.93. The average Bonchev–Trinajstić information content (AvgIpc) is 3.15. The van der Waals surface area contributed by atoms with Crippen molar-refractivity contribution < 1.29 is 5.11 Å². The zero-order valence-electron chi connectivity index (χ0n) is 10.7. The number of halogens is 1. The summed E-state index contributed by atoms with van der Waals surface area (Å²) in [6.07, 6.45) is 2.85. The number of pyridine rings is 1. The van der Waals surface area contributed by atoms with Crippen LogP contribution in [0.4, 0.5) is 5.69 Å². The lowest BCUT2D eigenvalue weighted by molar-refractivity contribution is 0.476. The summed E-state index contributed by atoms with van der Waals surface area (Å²) in [5.74, 6) is 0.517. The predicted octanol–water partition coefficient (Wildman–Crippen LogP) is 3.24. The third-order valence-corrected chi connectivity index (χ3v) is 3.38. The van der Waals surface area contributed by atoms with Gasteiger partial charge in [-0.1, -0.05) is 6.07 Å². The van der Waals surface area contributed by atoms with E-state index in [-0.39, 0.29) is 24.2 Å². The van der Waals surface area contributed by atoms with Crippen LogP contribution in [0.15, 0.2) is 36.5 Å². The molecule has 1 heterocycles. The number of benzene rings is 1. The Labute approximate surface area is 123 Å². The number of hydrogen-bond acceptors (Lipinski definition) is 3. The van der Waals surface area contributed by atoms with Crippen LogP contribution < -0.4 is 5.73 Å². The van der Waals surface area contributed by atoms with Gasteiger partial charge < -0.3 is 10.8 Å². The van der Waals surface area contributed by atoms with Crippen molar-refractivity contribution in [2.75, 3.05) is 0 Å². The number of aromatic nitrogens is 1. The van der Waals surface area contributed by atoms with E-state index in [1.807, 2.05) is 18.3 Å². The van der Waals surface area contributed by atoms with E-state index in [0.29, 0.717) is 11.6 Å². The van der Waals surface area contributed by atoms with Gasteiger partial charge in [0.25, 0.3) is 0 Å². The summed E-state index contributed by atoms with van der Waals surface area (Å²) in [4.78, 5) is 7.72. The molecule has 1 aliphatic rings. The van der Waals surface area contributed by atoms with Crippen molar-refractivity contribution in [2.45, 2.75) is 18.4 Å². The number of hydrogen-bond donors (Lipinski definition) is 2. The second-order valence-corrected chi connectivity index (χ2v) is 4.83. The third kappa shape index (κ3) is 2.74. The third-order valence-electron chi connectivity index (χ3n) is 3.38. The molecule has 0 unspecified atom stereocenters. The summed E-state index contributed by atoms with van der Waals surface area (Å²) in [6, 6.07) is 8.96. The van der Waals surface area contributed by atoms with E-state index >= 15 is 0 Å². The fraction of sp³-hybridized carbons (Fsp3) is 0.200. The van der Waals surface area contributed by atoms with E-state index in [4.69, 9.17) is 12.3 Å². The first-order valence-electron chi connectivity index (χ1n) is 6.11. The Morgan fingerprint density at radius 2 is 2.05 bits per heavy atom. The second kappa shape index (κ2) is 5.49. The number of rotatable bonds is 2. The van der Waals surface area contributed by atoms with Crippen molar-refractivity contribution >= 4 is 18.1 Å². The number of phenolic OH excluding ortho intramolecular Hbond substituents is 1. The minimum atomic E-state index is 0. The van der Waals surface area contributed by atoms with Crippen LogP contribution in [0.5, 0.6) is 5.75 Å². The van der Waals surface area contributed by atoms with Gasteiger partial charge in [0.15, 0.2) is 5.69 Å². The number of nitrogens with two attached hydrogens (primary N) is 1. The Hall–Kier alpha value is -2.09. The number of nitrogens with zero attached hydrogens (tertiary/aromatic N) is 2. The maximum atomic E-state index is 9.59. The summed E-state index contributed by atoms with van der Waals surface area (Å²) in [5, 5.41) is 9.59. The van der Waals surface area contributed by atoms with Crippen LogP contribution in [-0.2, 0) is 0 Å². The van der Waals surface area contributed by atoms with Crippen molar-refractivity contribution in [3.05, 3.63) is 53.5 Å². The molecule has 2 atom stereocenters. The predicted molar refractivity (Wildman–Crippen MR) is 80.2 cm³/mol. The van der Waals surface area contributed by atoms with E-state index in [2.05, 4.69) is 9.83 Å². The molecule has 1 aromatic heterocycles. The van der Waals surface area contributed by atoms with Crippen LogP contribution in [0.25, 0.3) is 16.1 Å². The molecule has 0 aliphatic heterocycles. The summed E-state index contributed by atoms with van der Waals surface area (Å²) in [7, 11) is 0. The van der Waals surface area contributed by atoms with Crippen molar-refractivity contribution in [1.29, 1.82) is 0 Å². The molecule has 1 fully saturated rings. The fourth-order valence-corrected chi connectivity index (χ4v) is 2.20. The Morgan fingerprint density at radius 1 is 1.30 bits per heavy atom. The summed E-state index contributed by atoms with van der Waals surface area (Å²) >= 11 is 0. The molecule has 1 aliphatic carbocycles. The molecule has 0 amide bonds. The van der Waals surface area contributed by atoms with Crippen molar-refractivity contribution in [1.82, 2.24) is 4.98 Å². The van der Waals surface area contributed by atoms with Crippen LogP contribution in [0, 0.1) is 6.57 Å². The van der Waals surface area contributed by atoms with Gasteiger partial charge >= 0.3 is 0 Å². The van der Waals surface area contributed by atoms with Crippen LogP contribution in [0.1, 0.15) is 17.9 Å². The molecular formula is C15H14ClN3O. The maximum Gasteiger partial charge on any atom is 0.191 e. The molecule has 20 heavy (non-hydrogen) atoms. The van der Waals surface area contributed by atoms with Gasteiger partial charge in [0.2, 0.25) is 0 Å². The van der Waals surface area contributed by atoms with E-state index in [0.717, 1.165) is 23.2 Å². The lowest BCUT2D eigenvalue weighted by atomic mass is 10.1. The van der Waals surface area contributed by atoms with Crippen LogP contribution in [0.3, 0.4) is 0 Å². The molecule has 5 heteroatoms. The molecule has 1 saturated carbocycles. The van der Waals surface area contributed by atoms with Crippen molar-refractivity contribution in [2.24, 2.45) is 5.73 Å². The zero-order chi connectivity index (χ0) is 13.4. The second-order valence-electron chi connectivity index (χ2n) is 4.83. The maximum absolute atomic E-state index is 9.59. The molecule has 1 aromatic carbocycles. The number of aromatic hydroxyl groups is 1. The molecule has 4 nitrogen and oxygen atoms in total. The van der Waals surface area contributed by atoms with E-state index in [9.17, 15) is 5.11 Å². The van der Waals surface area contributed by atoms with E-state index < -0.39 is 0 Å².